The highest BCUT2D eigenvalue weighted by atomic mass is 16.3. The normalized spacial score (nSPS) is 18.4. The smallest absolute Gasteiger partial charge is 0.123 e. The molecule has 0 radical (unpaired) electrons. The predicted molar refractivity (Wildman–Crippen MR) is 113 cm³/mol. The van der Waals surface area contributed by atoms with E-state index < -0.39 is 0 Å². The maximum Gasteiger partial charge on any atom is 0.123 e. The molecule has 1 aliphatic heterocycles. The van der Waals surface area contributed by atoms with Crippen molar-refractivity contribution in [2.75, 3.05) is 26.2 Å². The van der Waals surface area contributed by atoms with Gasteiger partial charge < -0.3 is 10.0 Å². The molecule has 1 saturated heterocycles. The molecule has 1 aromatic rings. The van der Waals surface area contributed by atoms with E-state index in [-0.39, 0.29) is 0 Å². The summed E-state index contributed by atoms with van der Waals surface area (Å²) in [6.45, 7) is 11.8. The van der Waals surface area contributed by atoms with E-state index in [1.807, 2.05) is 13.0 Å². The zero-order valence-electron chi connectivity index (χ0n) is 17.2. The van der Waals surface area contributed by atoms with E-state index in [9.17, 15) is 5.11 Å². The fraction of sp³-hybridized carbons (Fsp3) is 0.583. The molecule has 1 fully saturated rings. The van der Waals surface area contributed by atoms with Gasteiger partial charge in [-0.1, -0.05) is 31.8 Å². The van der Waals surface area contributed by atoms with Gasteiger partial charge in [-0.3, -0.25) is 4.90 Å². The van der Waals surface area contributed by atoms with Crippen molar-refractivity contribution in [3.63, 3.8) is 0 Å². The van der Waals surface area contributed by atoms with E-state index in [1.165, 1.54) is 24.8 Å². The molecule has 0 saturated carbocycles. The molecule has 3 heteroatoms. The van der Waals surface area contributed by atoms with Crippen LogP contribution in [0.2, 0.25) is 0 Å². The van der Waals surface area contributed by atoms with Crippen molar-refractivity contribution in [1.29, 1.82) is 0 Å². The van der Waals surface area contributed by atoms with Crippen LogP contribution in [-0.4, -0.2) is 47.1 Å². The average Bonchev–Trinajstić information content (AvgIpc) is 3.20. The molecule has 1 heterocycles. The molecular formula is C24H34N2O. The molecule has 3 rings (SSSR count). The highest BCUT2D eigenvalue weighted by molar-refractivity contribution is 5.50. The Kier molecular flexibility index (Phi) is 6.99. The van der Waals surface area contributed by atoms with E-state index in [4.69, 9.17) is 0 Å². The predicted octanol–water partition coefficient (Wildman–Crippen LogP) is 4.47. The Morgan fingerprint density at radius 2 is 1.89 bits per heavy atom. The van der Waals surface area contributed by atoms with Gasteiger partial charge in [0, 0.05) is 23.7 Å². The van der Waals surface area contributed by atoms with Crippen LogP contribution in [0.1, 0.15) is 62.6 Å². The molecule has 27 heavy (non-hydrogen) atoms. The van der Waals surface area contributed by atoms with Crippen LogP contribution in [0, 0.1) is 18.8 Å². The molecule has 1 aliphatic carbocycles. The molecule has 0 amide bonds. The molecule has 146 valence electrons. The third-order valence-corrected chi connectivity index (χ3v) is 6.07. The molecule has 0 bridgehead atoms. The maximum atomic E-state index is 10.6. The SMILES string of the molecule is CCN(CC)C1CCN(Cc2cc(C#CC3=CCCC3)cc(C)c2O)CC1. The number of hydrogen-bond acceptors (Lipinski definition) is 3. The van der Waals surface area contributed by atoms with Crippen LogP contribution in [0.15, 0.2) is 23.8 Å². The zero-order valence-corrected chi connectivity index (χ0v) is 17.2. The second-order valence-electron chi connectivity index (χ2n) is 7.90. The Hall–Kier alpha value is -1.76. The van der Waals surface area contributed by atoms with Gasteiger partial charge in [-0.05, 0) is 88.5 Å². The number of aryl methyl sites for hydroxylation is 1. The standard InChI is InChI=1S/C24H34N2O/c1-4-26(5-2)23-12-14-25(15-13-23)18-22-17-21(16-19(3)24(22)27)11-10-20-8-6-7-9-20/h8,16-17,23,27H,4-7,9,12-15,18H2,1-3H3. The van der Waals surface area contributed by atoms with Crippen LogP contribution in [0.25, 0.3) is 0 Å². The fourth-order valence-corrected chi connectivity index (χ4v) is 4.41. The molecule has 1 aromatic carbocycles. The third kappa shape index (κ3) is 5.15. The molecule has 1 N–H and O–H groups in total. The summed E-state index contributed by atoms with van der Waals surface area (Å²) < 4.78 is 0. The lowest BCUT2D eigenvalue weighted by atomic mass is 10.0. The number of phenolic OH excluding ortho intramolecular Hbond substituents is 1. The van der Waals surface area contributed by atoms with Crippen molar-refractivity contribution in [3.05, 3.63) is 40.5 Å². The number of benzene rings is 1. The number of piperidine rings is 1. The molecule has 0 aromatic heterocycles. The summed E-state index contributed by atoms with van der Waals surface area (Å²) in [5, 5.41) is 10.6. The number of allylic oxidation sites excluding steroid dienone is 2. The van der Waals surface area contributed by atoms with Crippen LogP contribution in [-0.2, 0) is 6.54 Å². The lowest BCUT2D eigenvalue weighted by Gasteiger charge is -2.37. The van der Waals surface area contributed by atoms with Gasteiger partial charge >= 0.3 is 0 Å². The van der Waals surface area contributed by atoms with Crippen molar-refractivity contribution in [1.82, 2.24) is 9.80 Å². The first-order valence-electron chi connectivity index (χ1n) is 10.6. The van der Waals surface area contributed by atoms with Crippen molar-refractivity contribution in [2.45, 2.75) is 65.5 Å². The summed E-state index contributed by atoms with van der Waals surface area (Å²) in [6.07, 6.45) is 8.18. The Bertz CT molecular complexity index is 729. The average molecular weight is 367 g/mol. The summed E-state index contributed by atoms with van der Waals surface area (Å²) in [4.78, 5) is 5.05. The van der Waals surface area contributed by atoms with E-state index in [1.54, 1.807) is 0 Å². The van der Waals surface area contributed by atoms with Crippen molar-refractivity contribution in [2.24, 2.45) is 0 Å². The summed E-state index contributed by atoms with van der Waals surface area (Å²) >= 11 is 0. The van der Waals surface area contributed by atoms with Crippen LogP contribution in [0.4, 0.5) is 0 Å². The number of hydrogen-bond donors (Lipinski definition) is 1. The summed E-state index contributed by atoms with van der Waals surface area (Å²) in [5.41, 5.74) is 4.23. The lowest BCUT2D eigenvalue weighted by Crippen LogP contribution is -2.44. The van der Waals surface area contributed by atoms with Crippen molar-refractivity contribution >= 4 is 0 Å². The van der Waals surface area contributed by atoms with Crippen molar-refractivity contribution < 1.29 is 5.11 Å². The van der Waals surface area contributed by atoms with Gasteiger partial charge in [0.25, 0.3) is 0 Å². The van der Waals surface area contributed by atoms with Gasteiger partial charge in [-0.2, -0.15) is 0 Å². The van der Waals surface area contributed by atoms with E-state index in [2.05, 4.69) is 47.6 Å². The molecule has 0 atom stereocenters. The number of nitrogens with zero attached hydrogens (tertiary/aromatic N) is 2. The number of aromatic hydroxyl groups is 1. The number of phenols is 1. The summed E-state index contributed by atoms with van der Waals surface area (Å²) in [5.74, 6) is 7.07. The Morgan fingerprint density at radius 3 is 2.52 bits per heavy atom. The van der Waals surface area contributed by atoms with Gasteiger partial charge in [0.15, 0.2) is 0 Å². The minimum absolute atomic E-state index is 0.437. The molecular weight excluding hydrogens is 332 g/mol. The zero-order chi connectivity index (χ0) is 19.2. The largest absolute Gasteiger partial charge is 0.507 e. The first kappa shape index (κ1) is 20.0. The minimum atomic E-state index is 0.437. The summed E-state index contributed by atoms with van der Waals surface area (Å²) in [7, 11) is 0. The minimum Gasteiger partial charge on any atom is -0.507 e. The quantitative estimate of drug-likeness (QED) is 0.779. The number of rotatable bonds is 5. The lowest BCUT2D eigenvalue weighted by molar-refractivity contribution is 0.112. The Balaban J connectivity index is 1.66. The molecule has 3 nitrogen and oxygen atoms in total. The Labute approximate surface area is 165 Å². The molecule has 2 aliphatic rings. The first-order chi connectivity index (χ1) is 13.1. The highest BCUT2D eigenvalue weighted by Gasteiger charge is 2.23. The second-order valence-corrected chi connectivity index (χ2v) is 7.90. The first-order valence-corrected chi connectivity index (χ1v) is 10.6. The van der Waals surface area contributed by atoms with Crippen LogP contribution in [0.5, 0.6) is 5.75 Å². The van der Waals surface area contributed by atoms with Crippen LogP contribution < -0.4 is 0 Å². The van der Waals surface area contributed by atoms with Gasteiger partial charge in [0.05, 0.1) is 0 Å². The topological polar surface area (TPSA) is 26.7 Å². The van der Waals surface area contributed by atoms with Gasteiger partial charge in [0.2, 0.25) is 0 Å². The maximum absolute atomic E-state index is 10.6. The van der Waals surface area contributed by atoms with E-state index >= 15 is 0 Å². The second kappa shape index (κ2) is 9.44. The van der Waals surface area contributed by atoms with Crippen molar-refractivity contribution in [3.8, 4) is 17.6 Å². The Morgan fingerprint density at radius 1 is 1.15 bits per heavy atom. The van der Waals surface area contributed by atoms with Gasteiger partial charge in [-0.25, -0.2) is 0 Å². The monoisotopic (exact) mass is 366 g/mol. The highest BCUT2D eigenvalue weighted by Crippen LogP contribution is 2.27. The summed E-state index contributed by atoms with van der Waals surface area (Å²) in [6, 6.07) is 4.80. The van der Waals surface area contributed by atoms with E-state index in [0.717, 1.165) is 62.3 Å². The molecule has 0 spiro atoms. The number of likely N-dealkylation sites (tertiary alicyclic amines) is 1. The third-order valence-electron chi connectivity index (χ3n) is 6.07. The molecule has 0 unspecified atom stereocenters. The van der Waals surface area contributed by atoms with Gasteiger partial charge in [-0.15, -0.1) is 0 Å². The van der Waals surface area contributed by atoms with Crippen LogP contribution in [0.3, 0.4) is 0 Å². The van der Waals surface area contributed by atoms with Crippen LogP contribution >= 0.6 is 0 Å². The van der Waals surface area contributed by atoms with E-state index in [0.29, 0.717) is 11.8 Å². The fourth-order valence-electron chi connectivity index (χ4n) is 4.41. The van der Waals surface area contributed by atoms with Gasteiger partial charge in [0.1, 0.15) is 5.75 Å².